The van der Waals surface area contributed by atoms with Crippen LogP contribution in [0.2, 0.25) is 0 Å². The second-order valence-corrected chi connectivity index (χ2v) is 7.75. The lowest BCUT2D eigenvalue weighted by molar-refractivity contribution is 1.25. The van der Waals surface area contributed by atoms with Crippen LogP contribution in [0.4, 0.5) is 0 Å². The van der Waals surface area contributed by atoms with E-state index in [9.17, 15) is 0 Å². The molecule has 0 aromatic carbocycles. The summed E-state index contributed by atoms with van der Waals surface area (Å²) in [4.78, 5) is 16.8. The lowest BCUT2D eigenvalue weighted by atomic mass is 10.2. The van der Waals surface area contributed by atoms with Crippen LogP contribution in [0.25, 0.3) is 46.4 Å². The van der Waals surface area contributed by atoms with Gasteiger partial charge in [-0.2, -0.15) is 0 Å². The Hall–Kier alpha value is -4.28. The van der Waals surface area contributed by atoms with Gasteiger partial charge in [-0.05, 0) is 87.4 Å². The maximum absolute atomic E-state index is 4.90. The smallest absolute Gasteiger partial charge is 0.0815 e. The first-order valence-electron chi connectivity index (χ1n) is 10.5. The molecule has 4 nitrogen and oxygen atoms in total. The summed E-state index contributed by atoms with van der Waals surface area (Å²) in [5, 5.41) is 0. The number of nitrogens with one attached hydrogen (secondary N) is 2. The van der Waals surface area contributed by atoms with Crippen LogP contribution in [-0.4, -0.2) is 19.9 Å². The summed E-state index contributed by atoms with van der Waals surface area (Å²) in [6.45, 7) is 7.84. The largest absolute Gasteiger partial charge is 0.354 e. The molecule has 4 heteroatoms. The molecule has 0 atom stereocenters. The van der Waals surface area contributed by atoms with Crippen molar-refractivity contribution in [3.8, 4) is 23.7 Å². The van der Waals surface area contributed by atoms with E-state index in [0.717, 1.165) is 67.1 Å². The topological polar surface area (TPSA) is 57.4 Å². The molecule has 32 heavy (non-hydrogen) atoms. The summed E-state index contributed by atoms with van der Waals surface area (Å²) < 4.78 is 0. The lowest BCUT2D eigenvalue weighted by Crippen LogP contribution is -1.88. The predicted octanol–water partition coefficient (Wildman–Crippen LogP) is 6.02. The Balaban J connectivity index is 2.00. The molecule has 2 aliphatic heterocycles. The van der Waals surface area contributed by atoms with Gasteiger partial charge in [-0.1, -0.05) is 11.8 Å². The van der Waals surface area contributed by atoms with Crippen molar-refractivity contribution in [2.45, 2.75) is 27.7 Å². The van der Waals surface area contributed by atoms with Crippen molar-refractivity contribution in [3.05, 3.63) is 69.3 Å². The van der Waals surface area contributed by atoms with E-state index in [4.69, 9.17) is 9.97 Å². The van der Waals surface area contributed by atoms with Crippen LogP contribution in [0, 0.1) is 37.5 Å². The number of hydrogen-bond acceptors (Lipinski definition) is 2. The first-order valence-corrected chi connectivity index (χ1v) is 10.5. The molecule has 154 valence electrons. The van der Waals surface area contributed by atoms with Gasteiger partial charge in [0.1, 0.15) is 0 Å². The molecule has 2 aliphatic rings. The van der Waals surface area contributed by atoms with E-state index in [-0.39, 0.29) is 0 Å². The molecule has 3 aromatic heterocycles. The highest BCUT2D eigenvalue weighted by atomic mass is 14.8. The number of fused-ring (bicyclic) bond motifs is 8. The van der Waals surface area contributed by atoms with Crippen LogP contribution >= 0.6 is 0 Å². The highest BCUT2D eigenvalue weighted by Crippen LogP contribution is 2.25. The Bertz CT molecular complexity index is 1490. The molecule has 5 heterocycles. The van der Waals surface area contributed by atoms with Gasteiger partial charge in [0.05, 0.1) is 44.9 Å². The van der Waals surface area contributed by atoms with Crippen molar-refractivity contribution in [3.63, 3.8) is 0 Å². The summed E-state index contributed by atoms with van der Waals surface area (Å²) in [5.74, 6) is 12.5. The number of aromatic amines is 2. The van der Waals surface area contributed by atoms with E-state index >= 15 is 0 Å². The van der Waals surface area contributed by atoms with E-state index < -0.39 is 0 Å². The van der Waals surface area contributed by atoms with Crippen LogP contribution in [0.3, 0.4) is 0 Å². The molecule has 0 saturated heterocycles. The Morgan fingerprint density at radius 1 is 0.562 bits per heavy atom. The van der Waals surface area contributed by atoms with E-state index in [1.54, 1.807) is 0 Å². The predicted molar refractivity (Wildman–Crippen MR) is 133 cm³/mol. The summed E-state index contributed by atoms with van der Waals surface area (Å²) in [7, 11) is 0. The van der Waals surface area contributed by atoms with Crippen LogP contribution in [-0.2, 0) is 0 Å². The van der Waals surface area contributed by atoms with E-state index in [1.165, 1.54) is 0 Å². The molecule has 8 bridgehead atoms. The highest BCUT2D eigenvalue weighted by Gasteiger charge is 2.12. The number of aromatic nitrogens is 4. The second-order valence-electron chi connectivity index (χ2n) is 7.75. The second kappa shape index (κ2) is 7.76. The van der Waals surface area contributed by atoms with Crippen LogP contribution in [0.5, 0.6) is 0 Å². The lowest BCUT2D eigenvalue weighted by Gasteiger charge is -1.97. The number of hydrogen-bond donors (Lipinski definition) is 2. The van der Waals surface area contributed by atoms with E-state index in [0.29, 0.717) is 0 Å². The summed E-state index contributed by atoms with van der Waals surface area (Å²) in [6.07, 6.45) is 8.15. The van der Waals surface area contributed by atoms with Crippen LogP contribution in [0.1, 0.15) is 58.9 Å². The van der Waals surface area contributed by atoms with Crippen molar-refractivity contribution in [2.75, 3.05) is 0 Å². The Morgan fingerprint density at radius 3 is 1.34 bits per heavy atom. The third-order valence-electron chi connectivity index (χ3n) is 5.78. The summed E-state index contributed by atoms with van der Waals surface area (Å²) in [6, 6.07) is 8.26. The molecule has 5 rings (SSSR count). The van der Waals surface area contributed by atoms with Gasteiger partial charge < -0.3 is 9.97 Å². The minimum Gasteiger partial charge on any atom is -0.354 e. The molecule has 3 aromatic rings. The molecule has 2 N–H and O–H groups in total. The molecule has 0 spiro atoms. The van der Waals surface area contributed by atoms with Crippen molar-refractivity contribution >= 4 is 46.4 Å². The number of H-pyrrole nitrogens is 2. The Labute approximate surface area is 187 Å². The van der Waals surface area contributed by atoms with Gasteiger partial charge in [-0.25, -0.2) is 9.97 Å². The zero-order valence-corrected chi connectivity index (χ0v) is 18.5. The van der Waals surface area contributed by atoms with Gasteiger partial charge in [-0.3, -0.25) is 0 Å². The zero-order chi connectivity index (χ0) is 22.2. The van der Waals surface area contributed by atoms with Crippen LogP contribution in [0.15, 0.2) is 24.3 Å². The first kappa shape index (κ1) is 19.7. The molecule has 0 unspecified atom stereocenters. The first-order chi connectivity index (χ1) is 15.6. The highest BCUT2D eigenvalue weighted by molar-refractivity contribution is 5.85. The van der Waals surface area contributed by atoms with Crippen LogP contribution < -0.4 is 0 Å². The third kappa shape index (κ3) is 3.23. The maximum atomic E-state index is 4.90. The normalized spacial score (nSPS) is 11.6. The van der Waals surface area contributed by atoms with E-state index in [2.05, 4.69) is 71.8 Å². The fourth-order valence-corrected chi connectivity index (χ4v) is 4.00. The van der Waals surface area contributed by atoms with Gasteiger partial charge >= 0.3 is 0 Å². The average molecular weight is 415 g/mol. The fraction of sp³-hybridized carbons (Fsp3) is 0.143. The average Bonchev–Trinajstić information content (AvgIpc) is 3.61. The molecule has 0 amide bonds. The number of aryl methyl sites for hydroxylation is 2. The molecular formula is C28H22N4. The quantitative estimate of drug-likeness (QED) is 0.305. The Kier molecular flexibility index (Phi) is 4.77. The summed E-state index contributed by atoms with van der Waals surface area (Å²) in [5.41, 5.74) is 11.4. The molecule has 0 radical (unpaired) electrons. The third-order valence-corrected chi connectivity index (χ3v) is 5.78. The molecule has 0 saturated carbocycles. The standard InChI is InChI=1S/C28H22N4/c1-5-7-19-25-13-9-21(29-25)17(3)23-11-15-27(31-23)20(8-6-2)28-16-12-24(32-28)18(4)22-10-14-26(19)30-22/h9-16,29,32H,1-4H3. The zero-order valence-electron chi connectivity index (χ0n) is 18.5. The molecule has 0 aliphatic carbocycles. The monoisotopic (exact) mass is 414 g/mol. The van der Waals surface area contributed by atoms with Crippen molar-refractivity contribution in [1.29, 1.82) is 0 Å². The number of nitrogens with zero attached hydrogens (tertiary/aromatic N) is 2. The SMILES string of the molecule is CC#Cc1c2nc(c(C)c3ccc([nH]3)c(C#CC)c3nc(c(C)c4ccc1[nH]4)C=C3)C=C2. The van der Waals surface area contributed by atoms with Crippen molar-refractivity contribution in [2.24, 2.45) is 0 Å². The van der Waals surface area contributed by atoms with Gasteiger partial charge in [0.2, 0.25) is 0 Å². The number of rotatable bonds is 0. The Morgan fingerprint density at radius 2 is 0.938 bits per heavy atom. The van der Waals surface area contributed by atoms with Gasteiger partial charge in [0, 0.05) is 11.0 Å². The van der Waals surface area contributed by atoms with Gasteiger partial charge in [0.15, 0.2) is 0 Å². The summed E-state index contributed by atoms with van der Waals surface area (Å²) >= 11 is 0. The molecular weight excluding hydrogens is 392 g/mol. The fourth-order valence-electron chi connectivity index (χ4n) is 4.00. The van der Waals surface area contributed by atoms with E-state index in [1.807, 2.05) is 38.2 Å². The minimum absolute atomic E-state index is 0.858. The van der Waals surface area contributed by atoms with Crippen molar-refractivity contribution < 1.29 is 0 Å². The van der Waals surface area contributed by atoms with Gasteiger partial charge in [0.25, 0.3) is 0 Å². The van der Waals surface area contributed by atoms with Crippen molar-refractivity contribution in [1.82, 2.24) is 19.9 Å². The molecule has 0 fully saturated rings. The van der Waals surface area contributed by atoms with Gasteiger partial charge in [-0.15, -0.1) is 11.8 Å². The maximum Gasteiger partial charge on any atom is 0.0815 e. The minimum atomic E-state index is 0.858.